The molecule has 0 fully saturated rings. The summed E-state index contributed by atoms with van der Waals surface area (Å²) in [6, 6.07) is 15.5. The molecule has 0 saturated carbocycles. The lowest BCUT2D eigenvalue weighted by molar-refractivity contribution is 0.586. The maximum atomic E-state index is 4.24. The van der Waals surface area contributed by atoms with Crippen LogP contribution in [0.1, 0.15) is 69.1 Å². The van der Waals surface area contributed by atoms with E-state index in [1.807, 2.05) is 12.5 Å². The van der Waals surface area contributed by atoms with Crippen LogP contribution >= 0.6 is 11.8 Å². The largest absolute Gasteiger partial charge is 0.336 e. The van der Waals surface area contributed by atoms with Gasteiger partial charge in [0.1, 0.15) is 0 Å². The Kier molecular flexibility index (Phi) is 8.96. The zero-order valence-corrected chi connectivity index (χ0v) is 18.0. The molecule has 1 unspecified atom stereocenters. The van der Waals surface area contributed by atoms with E-state index in [0.29, 0.717) is 5.25 Å². The predicted molar refractivity (Wildman–Crippen MR) is 124 cm³/mol. The summed E-state index contributed by atoms with van der Waals surface area (Å²) in [6.45, 7) is 3.27. The van der Waals surface area contributed by atoms with E-state index in [0.717, 1.165) is 6.54 Å². The van der Waals surface area contributed by atoms with Crippen LogP contribution in [0.15, 0.2) is 61.2 Å². The van der Waals surface area contributed by atoms with E-state index in [9.17, 15) is 0 Å². The highest BCUT2D eigenvalue weighted by Crippen LogP contribution is 2.35. The maximum absolute atomic E-state index is 4.24. The van der Waals surface area contributed by atoms with Gasteiger partial charge in [-0.15, -0.1) is 0 Å². The summed E-state index contributed by atoms with van der Waals surface area (Å²) < 4.78 is 2.22. The molecule has 2 aromatic carbocycles. The second-order valence-electron chi connectivity index (χ2n) is 7.66. The molecule has 1 heterocycles. The van der Waals surface area contributed by atoms with E-state index < -0.39 is 0 Å². The van der Waals surface area contributed by atoms with Gasteiger partial charge in [0.15, 0.2) is 0 Å². The van der Waals surface area contributed by atoms with Gasteiger partial charge in [0, 0.05) is 24.2 Å². The smallest absolute Gasteiger partial charge is 0.0946 e. The molecular formula is C25H34N2S. The van der Waals surface area contributed by atoms with Gasteiger partial charge in [-0.05, 0) is 28.5 Å². The molecule has 28 heavy (non-hydrogen) atoms. The fraction of sp³-hybridized carbons (Fsp3) is 0.480. The van der Waals surface area contributed by atoms with E-state index in [1.54, 1.807) is 0 Å². The first-order valence-corrected chi connectivity index (χ1v) is 12.0. The number of hydrogen-bond acceptors (Lipinski definition) is 2. The maximum Gasteiger partial charge on any atom is 0.0946 e. The lowest BCUT2D eigenvalue weighted by Crippen LogP contribution is -2.06. The first-order chi connectivity index (χ1) is 13.9. The van der Waals surface area contributed by atoms with E-state index in [1.165, 1.54) is 73.5 Å². The van der Waals surface area contributed by atoms with Crippen molar-refractivity contribution in [1.29, 1.82) is 0 Å². The number of hydrogen-bond donors (Lipinski definition) is 0. The normalized spacial score (nSPS) is 12.5. The van der Waals surface area contributed by atoms with E-state index in [4.69, 9.17) is 0 Å². The van der Waals surface area contributed by atoms with Crippen molar-refractivity contribution in [2.75, 3.05) is 5.75 Å². The van der Waals surface area contributed by atoms with Gasteiger partial charge in [-0.2, -0.15) is 11.8 Å². The van der Waals surface area contributed by atoms with Crippen LogP contribution in [-0.2, 0) is 6.54 Å². The van der Waals surface area contributed by atoms with Gasteiger partial charge >= 0.3 is 0 Å². The standard InChI is InChI=1S/C25H34N2S/c1-2-3-4-5-6-7-8-11-19-28-25(20-27-18-17-26-21-27)24-16-12-14-22-13-9-10-15-23(22)24/h9-10,12-18,21,25H,2-8,11,19-20H2,1H3. The summed E-state index contributed by atoms with van der Waals surface area (Å²) in [5, 5.41) is 3.19. The summed E-state index contributed by atoms with van der Waals surface area (Å²) in [5.74, 6) is 1.23. The zero-order valence-electron chi connectivity index (χ0n) is 17.2. The zero-order chi connectivity index (χ0) is 19.4. The van der Waals surface area contributed by atoms with Gasteiger partial charge in [0.2, 0.25) is 0 Å². The van der Waals surface area contributed by atoms with Crippen molar-refractivity contribution in [3.05, 3.63) is 66.7 Å². The molecule has 3 aromatic rings. The summed E-state index contributed by atoms with van der Waals surface area (Å²) in [5.41, 5.74) is 1.45. The highest BCUT2D eigenvalue weighted by atomic mass is 32.2. The topological polar surface area (TPSA) is 17.8 Å². The van der Waals surface area contributed by atoms with Crippen molar-refractivity contribution in [2.24, 2.45) is 0 Å². The number of thioether (sulfide) groups is 1. The van der Waals surface area contributed by atoms with Gasteiger partial charge in [-0.1, -0.05) is 94.3 Å². The molecule has 0 bridgehead atoms. The number of benzene rings is 2. The average molecular weight is 395 g/mol. The van der Waals surface area contributed by atoms with E-state index in [-0.39, 0.29) is 0 Å². The van der Waals surface area contributed by atoms with Crippen molar-refractivity contribution in [1.82, 2.24) is 9.55 Å². The van der Waals surface area contributed by atoms with Crippen LogP contribution in [-0.4, -0.2) is 15.3 Å². The van der Waals surface area contributed by atoms with Crippen molar-refractivity contribution in [3.8, 4) is 0 Å². The van der Waals surface area contributed by atoms with Crippen molar-refractivity contribution >= 4 is 22.5 Å². The van der Waals surface area contributed by atoms with E-state index in [2.05, 4.69) is 76.9 Å². The Morgan fingerprint density at radius 3 is 2.43 bits per heavy atom. The van der Waals surface area contributed by atoms with Gasteiger partial charge in [0.25, 0.3) is 0 Å². The average Bonchev–Trinajstić information content (AvgIpc) is 3.24. The second-order valence-corrected chi connectivity index (χ2v) is 8.97. The summed E-state index contributed by atoms with van der Waals surface area (Å²) in [6.07, 6.45) is 17.0. The molecule has 0 radical (unpaired) electrons. The Labute approximate surface area is 174 Å². The minimum absolute atomic E-state index is 0.463. The quantitative estimate of drug-likeness (QED) is 0.277. The van der Waals surface area contributed by atoms with Gasteiger partial charge in [0.05, 0.1) is 6.33 Å². The Hall–Kier alpha value is -1.74. The van der Waals surface area contributed by atoms with Gasteiger partial charge < -0.3 is 4.57 Å². The number of nitrogens with zero attached hydrogens (tertiary/aromatic N) is 2. The van der Waals surface area contributed by atoms with Crippen LogP contribution in [0.4, 0.5) is 0 Å². The minimum Gasteiger partial charge on any atom is -0.336 e. The van der Waals surface area contributed by atoms with Crippen LogP contribution in [0, 0.1) is 0 Å². The Bertz CT molecular complexity index is 792. The number of fused-ring (bicyclic) bond motifs is 1. The number of unbranched alkanes of at least 4 members (excludes halogenated alkanes) is 7. The van der Waals surface area contributed by atoms with Crippen molar-refractivity contribution in [2.45, 2.75) is 70.1 Å². The predicted octanol–water partition coefficient (Wildman–Crippen LogP) is 7.65. The molecule has 0 aliphatic rings. The van der Waals surface area contributed by atoms with Crippen molar-refractivity contribution < 1.29 is 0 Å². The van der Waals surface area contributed by atoms with Crippen LogP contribution < -0.4 is 0 Å². The SMILES string of the molecule is CCCCCCCCCCSC(Cn1ccnc1)c1cccc2ccccc12. The molecule has 0 saturated heterocycles. The Morgan fingerprint density at radius 2 is 1.64 bits per heavy atom. The van der Waals surface area contributed by atoms with Crippen LogP contribution in [0.3, 0.4) is 0 Å². The molecule has 0 aliphatic heterocycles. The molecule has 3 heteroatoms. The number of aromatic nitrogens is 2. The third-order valence-corrected chi connectivity index (χ3v) is 6.75. The summed E-state index contributed by atoms with van der Waals surface area (Å²) in [4.78, 5) is 4.24. The summed E-state index contributed by atoms with van der Waals surface area (Å²) in [7, 11) is 0. The van der Waals surface area contributed by atoms with Crippen LogP contribution in [0.2, 0.25) is 0 Å². The molecule has 0 aliphatic carbocycles. The number of imidazole rings is 1. The molecule has 0 spiro atoms. The molecule has 0 amide bonds. The fourth-order valence-electron chi connectivity index (χ4n) is 3.82. The highest BCUT2D eigenvalue weighted by Gasteiger charge is 2.15. The first kappa shape index (κ1) is 21.0. The monoisotopic (exact) mass is 394 g/mol. The van der Waals surface area contributed by atoms with Crippen molar-refractivity contribution in [3.63, 3.8) is 0 Å². The lowest BCUT2D eigenvalue weighted by atomic mass is 10.0. The first-order valence-electron chi connectivity index (χ1n) is 10.9. The van der Waals surface area contributed by atoms with Gasteiger partial charge in [-0.25, -0.2) is 4.98 Å². The molecule has 2 nitrogen and oxygen atoms in total. The molecule has 0 N–H and O–H groups in total. The number of rotatable bonds is 13. The molecule has 1 atom stereocenters. The van der Waals surface area contributed by atoms with Crippen LogP contribution in [0.25, 0.3) is 10.8 Å². The van der Waals surface area contributed by atoms with Crippen LogP contribution in [0.5, 0.6) is 0 Å². The Morgan fingerprint density at radius 1 is 0.893 bits per heavy atom. The molecule has 3 rings (SSSR count). The lowest BCUT2D eigenvalue weighted by Gasteiger charge is -2.20. The summed E-state index contributed by atoms with van der Waals surface area (Å²) >= 11 is 2.11. The van der Waals surface area contributed by atoms with E-state index >= 15 is 0 Å². The second kappa shape index (κ2) is 12.0. The Balaban J connectivity index is 1.56. The molecular weight excluding hydrogens is 360 g/mol. The highest BCUT2D eigenvalue weighted by molar-refractivity contribution is 7.99. The molecule has 1 aromatic heterocycles. The fourth-order valence-corrected chi connectivity index (χ4v) is 5.14. The van der Waals surface area contributed by atoms with Gasteiger partial charge in [-0.3, -0.25) is 0 Å². The third kappa shape index (κ3) is 6.41. The third-order valence-electron chi connectivity index (χ3n) is 5.42. The minimum atomic E-state index is 0.463. The molecule has 150 valence electrons.